The number of hydrogen-bond acceptors (Lipinski definition) is 2. The molecule has 1 fully saturated rings. The third-order valence-corrected chi connectivity index (χ3v) is 3.71. The van der Waals surface area contributed by atoms with Gasteiger partial charge < -0.3 is 15.5 Å². The molecule has 1 heterocycles. The Morgan fingerprint density at radius 3 is 2.72 bits per heavy atom. The molecule has 0 radical (unpaired) electrons. The maximum atomic E-state index is 4.15. The van der Waals surface area contributed by atoms with E-state index >= 15 is 0 Å². The fourth-order valence-corrected chi connectivity index (χ4v) is 2.47. The van der Waals surface area contributed by atoms with E-state index in [1.165, 1.54) is 5.69 Å². The summed E-state index contributed by atoms with van der Waals surface area (Å²) < 4.78 is 1.12. The fourth-order valence-electron chi connectivity index (χ4n) is 2.21. The smallest absolute Gasteiger partial charge is 0.190 e. The Labute approximate surface area is 117 Å². The van der Waals surface area contributed by atoms with E-state index in [1.54, 1.807) is 7.05 Å². The topological polar surface area (TPSA) is 39.7 Å². The molecule has 4 nitrogen and oxygen atoms in total. The van der Waals surface area contributed by atoms with Crippen molar-refractivity contribution in [2.24, 2.45) is 4.99 Å². The van der Waals surface area contributed by atoms with Crippen molar-refractivity contribution < 1.29 is 0 Å². The highest BCUT2D eigenvalue weighted by Crippen LogP contribution is 2.22. The number of benzene rings is 1. The van der Waals surface area contributed by atoms with Crippen LogP contribution in [0.1, 0.15) is 6.42 Å². The molecule has 1 aliphatic rings. The van der Waals surface area contributed by atoms with Gasteiger partial charge in [0.15, 0.2) is 5.96 Å². The minimum absolute atomic E-state index is 0.458. The summed E-state index contributed by atoms with van der Waals surface area (Å²) in [6, 6.07) is 8.93. The minimum atomic E-state index is 0.458. The van der Waals surface area contributed by atoms with Gasteiger partial charge in [-0.2, -0.15) is 0 Å². The number of halogens is 1. The third-order valence-electron chi connectivity index (χ3n) is 3.18. The van der Waals surface area contributed by atoms with Crippen LogP contribution in [0.25, 0.3) is 0 Å². The third kappa shape index (κ3) is 3.16. The number of anilines is 1. The molecule has 0 spiro atoms. The number of rotatable bonds is 2. The van der Waals surface area contributed by atoms with Gasteiger partial charge in [0.1, 0.15) is 0 Å². The molecule has 1 aromatic carbocycles. The number of nitrogens with zero attached hydrogens (tertiary/aromatic N) is 2. The van der Waals surface area contributed by atoms with Crippen LogP contribution in [0.2, 0.25) is 0 Å². The van der Waals surface area contributed by atoms with Crippen molar-refractivity contribution in [2.75, 3.05) is 32.1 Å². The molecule has 1 unspecified atom stereocenters. The van der Waals surface area contributed by atoms with Crippen molar-refractivity contribution in [1.29, 1.82) is 0 Å². The van der Waals surface area contributed by atoms with Crippen LogP contribution in [0.5, 0.6) is 0 Å². The van der Waals surface area contributed by atoms with Crippen molar-refractivity contribution in [2.45, 2.75) is 12.5 Å². The first-order chi connectivity index (χ1) is 8.72. The summed E-state index contributed by atoms with van der Waals surface area (Å²) in [4.78, 5) is 6.54. The lowest BCUT2D eigenvalue weighted by atomic mass is 10.3. The molecule has 0 bridgehead atoms. The van der Waals surface area contributed by atoms with Crippen LogP contribution in [0.15, 0.2) is 33.7 Å². The maximum absolute atomic E-state index is 4.15. The van der Waals surface area contributed by atoms with Crippen LogP contribution in [-0.4, -0.2) is 39.2 Å². The summed E-state index contributed by atoms with van der Waals surface area (Å²) in [6.45, 7) is 2.10. The van der Waals surface area contributed by atoms with E-state index in [4.69, 9.17) is 0 Å². The lowest BCUT2D eigenvalue weighted by Crippen LogP contribution is -2.43. The summed E-state index contributed by atoms with van der Waals surface area (Å²) in [5.74, 6) is 0.859. The Kier molecular flexibility index (Phi) is 4.47. The second-order valence-corrected chi connectivity index (χ2v) is 5.29. The highest BCUT2D eigenvalue weighted by atomic mass is 79.9. The molecule has 18 heavy (non-hydrogen) atoms. The Bertz CT molecular complexity index is 416. The summed E-state index contributed by atoms with van der Waals surface area (Å²) >= 11 is 3.46. The zero-order valence-electron chi connectivity index (χ0n) is 10.8. The Morgan fingerprint density at radius 1 is 1.39 bits per heavy atom. The number of nitrogens with one attached hydrogen (secondary N) is 2. The van der Waals surface area contributed by atoms with E-state index in [0.29, 0.717) is 6.04 Å². The molecule has 0 amide bonds. The number of guanidine groups is 1. The molecule has 5 heteroatoms. The molecular weight excluding hydrogens is 292 g/mol. The van der Waals surface area contributed by atoms with Gasteiger partial charge in [-0.3, -0.25) is 4.99 Å². The van der Waals surface area contributed by atoms with E-state index in [-0.39, 0.29) is 0 Å². The van der Waals surface area contributed by atoms with Gasteiger partial charge in [-0.05, 0) is 30.7 Å². The van der Waals surface area contributed by atoms with Gasteiger partial charge in [0, 0.05) is 43.4 Å². The van der Waals surface area contributed by atoms with Gasteiger partial charge in [0.25, 0.3) is 0 Å². The van der Waals surface area contributed by atoms with Gasteiger partial charge in [0.05, 0.1) is 0 Å². The SMILES string of the molecule is CN=C(NC)NC1CCN(c2ccc(Br)cc2)C1. The average Bonchev–Trinajstić information content (AvgIpc) is 2.85. The van der Waals surface area contributed by atoms with Crippen LogP contribution in [0.3, 0.4) is 0 Å². The van der Waals surface area contributed by atoms with Crippen LogP contribution in [-0.2, 0) is 0 Å². The van der Waals surface area contributed by atoms with Gasteiger partial charge >= 0.3 is 0 Å². The highest BCUT2D eigenvalue weighted by Gasteiger charge is 2.23. The van der Waals surface area contributed by atoms with Crippen LogP contribution in [0, 0.1) is 0 Å². The molecule has 1 atom stereocenters. The molecule has 1 aromatic rings. The lowest BCUT2D eigenvalue weighted by molar-refractivity contribution is 0.657. The monoisotopic (exact) mass is 310 g/mol. The highest BCUT2D eigenvalue weighted by molar-refractivity contribution is 9.10. The zero-order valence-corrected chi connectivity index (χ0v) is 12.4. The largest absolute Gasteiger partial charge is 0.369 e. The summed E-state index contributed by atoms with van der Waals surface area (Å²) in [6.07, 6.45) is 1.14. The van der Waals surface area contributed by atoms with Crippen molar-refractivity contribution in [1.82, 2.24) is 10.6 Å². The zero-order chi connectivity index (χ0) is 13.0. The second kappa shape index (κ2) is 6.09. The molecule has 2 N–H and O–H groups in total. The predicted molar refractivity (Wildman–Crippen MR) is 80.3 cm³/mol. The molecule has 2 rings (SSSR count). The molecule has 1 aliphatic heterocycles. The maximum Gasteiger partial charge on any atom is 0.190 e. The lowest BCUT2D eigenvalue weighted by Gasteiger charge is -2.20. The number of aliphatic imine (C=N–C) groups is 1. The van der Waals surface area contributed by atoms with Gasteiger partial charge in [-0.15, -0.1) is 0 Å². The van der Waals surface area contributed by atoms with Crippen LogP contribution < -0.4 is 15.5 Å². The minimum Gasteiger partial charge on any atom is -0.369 e. The quantitative estimate of drug-likeness (QED) is 0.646. The predicted octanol–water partition coefficient (Wildman–Crippen LogP) is 1.82. The standard InChI is InChI=1S/C13H19BrN4/c1-15-13(16-2)17-11-7-8-18(9-11)12-5-3-10(14)4-6-12/h3-6,11H,7-9H2,1-2H3,(H2,15,16,17). The first kappa shape index (κ1) is 13.2. The van der Waals surface area contributed by atoms with E-state index in [2.05, 4.69) is 60.7 Å². The Morgan fingerprint density at radius 2 is 2.11 bits per heavy atom. The van der Waals surface area contributed by atoms with E-state index in [0.717, 1.165) is 29.9 Å². The van der Waals surface area contributed by atoms with E-state index < -0.39 is 0 Å². The van der Waals surface area contributed by atoms with Crippen LogP contribution in [0.4, 0.5) is 5.69 Å². The molecule has 1 saturated heterocycles. The van der Waals surface area contributed by atoms with E-state index in [1.807, 2.05) is 7.05 Å². The van der Waals surface area contributed by atoms with Crippen molar-refractivity contribution in [3.63, 3.8) is 0 Å². The molecule has 98 valence electrons. The Balaban J connectivity index is 1.94. The molecule has 0 aliphatic carbocycles. The van der Waals surface area contributed by atoms with E-state index in [9.17, 15) is 0 Å². The average molecular weight is 311 g/mol. The first-order valence-electron chi connectivity index (χ1n) is 6.14. The van der Waals surface area contributed by atoms with Gasteiger partial charge in [0.2, 0.25) is 0 Å². The fraction of sp³-hybridized carbons (Fsp3) is 0.462. The summed E-state index contributed by atoms with van der Waals surface area (Å²) in [5.41, 5.74) is 1.28. The number of hydrogen-bond donors (Lipinski definition) is 2. The summed E-state index contributed by atoms with van der Waals surface area (Å²) in [7, 11) is 3.68. The second-order valence-electron chi connectivity index (χ2n) is 4.37. The van der Waals surface area contributed by atoms with Gasteiger partial charge in [-0.1, -0.05) is 15.9 Å². The van der Waals surface area contributed by atoms with Crippen molar-refractivity contribution in [3.05, 3.63) is 28.7 Å². The first-order valence-corrected chi connectivity index (χ1v) is 6.94. The molecule has 0 aromatic heterocycles. The van der Waals surface area contributed by atoms with Crippen molar-refractivity contribution >= 4 is 27.6 Å². The van der Waals surface area contributed by atoms with Gasteiger partial charge in [-0.25, -0.2) is 0 Å². The summed E-state index contributed by atoms with van der Waals surface area (Å²) in [5, 5.41) is 6.47. The van der Waals surface area contributed by atoms with Crippen molar-refractivity contribution in [3.8, 4) is 0 Å². The molecular formula is C13H19BrN4. The molecule has 0 saturated carbocycles. The Hall–Kier alpha value is -1.23. The normalized spacial score (nSPS) is 20.1. The van der Waals surface area contributed by atoms with Crippen LogP contribution >= 0.6 is 15.9 Å².